The number of piperidine rings is 1. The third-order valence-corrected chi connectivity index (χ3v) is 4.14. The monoisotopic (exact) mass is 254 g/mol. The highest BCUT2D eigenvalue weighted by Gasteiger charge is 2.33. The second-order valence-corrected chi connectivity index (χ2v) is 5.38. The van der Waals surface area contributed by atoms with E-state index >= 15 is 0 Å². The Kier molecular flexibility index (Phi) is 4.58. The van der Waals surface area contributed by atoms with Crippen LogP contribution in [0.15, 0.2) is 0 Å². The number of nitrogens with one attached hydrogen (secondary N) is 2. The smallest absolute Gasteiger partial charge is 0.306 e. The molecule has 1 saturated carbocycles. The number of aliphatic carboxylic acids is 1. The number of rotatable bonds is 4. The van der Waals surface area contributed by atoms with Gasteiger partial charge in [0.2, 0.25) is 5.91 Å². The molecule has 1 amide bonds. The summed E-state index contributed by atoms with van der Waals surface area (Å²) in [6, 6.07) is -0.0802. The molecule has 3 atom stereocenters. The van der Waals surface area contributed by atoms with E-state index in [1.54, 1.807) is 0 Å². The summed E-state index contributed by atoms with van der Waals surface area (Å²) in [6.07, 6.45) is 5.73. The molecule has 5 nitrogen and oxygen atoms in total. The molecule has 0 bridgehead atoms. The molecule has 1 saturated heterocycles. The van der Waals surface area contributed by atoms with Crippen LogP contribution in [-0.4, -0.2) is 36.1 Å². The Morgan fingerprint density at radius 3 is 2.67 bits per heavy atom. The van der Waals surface area contributed by atoms with Crippen molar-refractivity contribution in [1.82, 2.24) is 10.6 Å². The highest BCUT2D eigenvalue weighted by molar-refractivity contribution is 5.81. The Hall–Kier alpha value is -1.10. The molecule has 1 aliphatic heterocycles. The quantitative estimate of drug-likeness (QED) is 0.691. The highest BCUT2D eigenvalue weighted by atomic mass is 16.4. The van der Waals surface area contributed by atoms with Crippen LogP contribution in [0.2, 0.25) is 0 Å². The van der Waals surface area contributed by atoms with Crippen LogP contribution in [0.5, 0.6) is 0 Å². The lowest BCUT2D eigenvalue weighted by atomic mass is 9.96. The number of hydrogen-bond acceptors (Lipinski definition) is 3. The zero-order valence-electron chi connectivity index (χ0n) is 10.7. The molecule has 0 radical (unpaired) electrons. The molecule has 0 aromatic heterocycles. The van der Waals surface area contributed by atoms with Crippen LogP contribution in [-0.2, 0) is 9.59 Å². The third-order valence-electron chi connectivity index (χ3n) is 4.14. The van der Waals surface area contributed by atoms with Gasteiger partial charge in [0.15, 0.2) is 0 Å². The summed E-state index contributed by atoms with van der Waals surface area (Å²) >= 11 is 0. The van der Waals surface area contributed by atoms with Gasteiger partial charge in [0.05, 0.1) is 12.0 Å². The molecule has 0 spiro atoms. The lowest BCUT2D eigenvalue weighted by Gasteiger charge is -2.24. The average molecular weight is 254 g/mol. The van der Waals surface area contributed by atoms with Gasteiger partial charge in [0.1, 0.15) is 0 Å². The average Bonchev–Trinajstić information content (AvgIpc) is 2.85. The number of carboxylic acids is 1. The molecule has 1 heterocycles. The first-order chi connectivity index (χ1) is 8.68. The summed E-state index contributed by atoms with van der Waals surface area (Å²) in [4.78, 5) is 22.9. The SMILES string of the molecule is O=C(O)C1CCCC1CNC(=O)[C@@H]1CCCCN1. The maximum Gasteiger partial charge on any atom is 0.306 e. The summed E-state index contributed by atoms with van der Waals surface area (Å²) in [5, 5.41) is 15.2. The highest BCUT2D eigenvalue weighted by Crippen LogP contribution is 2.31. The summed E-state index contributed by atoms with van der Waals surface area (Å²) < 4.78 is 0. The van der Waals surface area contributed by atoms with Crippen molar-refractivity contribution in [1.29, 1.82) is 0 Å². The Morgan fingerprint density at radius 1 is 1.17 bits per heavy atom. The van der Waals surface area contributed by atoms with E-state index in [0.29, 0.717) is 6.54 Å². The fourth-order valence-electron chi connectivity index (χ4n) is 3.04. The molecule has 0 aromatic rings. The van der Waals surface area contributed by atoms with Crippen molar-refractivity contribution in [3.05, 3.63) is 0 Å². The molecule has 2 rings (SSSR count). The lowest BCUT2D eigenvalue weighted by Crippen LogP contribution is -2.48. The van der Waals surface area contributed by atoms with Crippen molar-refractivity contribution in [3.8, 4) is 0 Å². The molecule has 2 unspecified atom stereocenters. The van der Waals surface area contributed by atoms with E-state index in [4.69, 9.17) is 5.11 Å². The minimum absolute atomic E-state index is 0.0331. The molecule has 3 N–H and O–H groups in total. The topological polar surface area (TPSA) is 78.4 Å². The normalized spacial score (nSPS) is 32.1. The van der Waals surface area contributed by atoms with Crippen LogP contribution in [0.1, 0.15) is 38.5 Å². The molecule has 2 fully saturated rings. The van der Waals surface area contributed by atoms with E-state index in [2.05, 4.69) is 10.6 Å². The molecule has 18 heavy (non-hydrogen) atoms. The van der Waals surface area contributed by atoms with Crippen LogP contribution in [0.25, 0.3) is 0 Å². The van der Waals surface area contributed by atoms with E-state index < -0.39 is 5.97 Å². The van der Waals surface area contributed by atoms with Crippen LogP contribution < -0.4 is 10.6 Å². The number of hydrogen-bond donors (Lipinski definition) is 3. The van der Waals surface area contributed by atoms with Gasteiger partial charge >= 0.3 is 5.97 Å². The van der Waals surface area contributed by atoms with Gasteiger partial charge < -0.3 is 15.7 Å². The molecule has 0 aromatic carbocycles. The van der Waals surface area contributed by atoms with Gasteiger partial charge in [-0.05, 0) is 38.1 Å². The Balaban J connectivity index is 1.76. The number of carbonyl (C=O) groups excluding carboxylic acids is 1. The third kappa shape index (κ3) is 3.22. The van der Waals surface area contributed by atoms with Gasteiger partial charge in [-0.1, -0.05) is 12.8 Å². The maximum absolute atomic E-state index is 11.9. The first kappa shape index (κ1) is 13.3. The minimum atomic E-state index is -0.720. The molecule has 2 aliphatic rings. The van der Waals surface area contributed by atoms with Crippen molar-refractivity contribution in [2.24, 2.45) is 11.8 Å². The Labute approximate surface area is 107 Å². The molecular weight excluding hydrogens is 232 g/mol. The lowest BCUT2D eigenvalue weighted by molar-refractivity contribution is -0.143. The predicted octanol–water partition coefficient (Wildman–Crippen LogP) is 0.746. The minimum Gasteiger partial charge on any atom is -0.481 e. The van der Waals surface area contributed by atoms with E-state index in [1.165, 1.54) is 0 Å². The molecule has 5 heteroatoms. The van der Waals surface area contributed by atoms with Crippen molar-refractivity contribution >= 4 is 11.9 Å². The zero-order chi connectivity index (χ0) is 13.0. The van der Waals surface area contributed by atoms with Gasteiger partial charge in [-0.25, -0.2) is 0 Å². The fourth-order valence-corrected chi connectivity index (χ4v) is 3.04. The molecule has 102 valence electrons. The van der Waals surface area contributed by atoms with Crippen molar-refractivity contribution in [2.45, 2.75) is 44.6 Å². The van der Waals surface area contributed by atoms with Crippen molar-refractivity contribution in [3.63, 3.8) is 0 Å². The standard InChI is InChI=1S/C13H22N2O3/c16-12(11-6-1-2-7-14-11)15-8-9-4-3-5-10(9)13(17)18/h9-11,14H,1-8H2,(H,15,16)(H,17,18)/t9?,10?,11-/m0/s1. The van der Waals surface area contributed by atoms with Crippen LogP contribution in [0.3, 0.4) is 0 Å². The fraction of sp³-hybridized carbons (Fsp3) is 0.846. The van der Waals surface area contributed by atoms with E-state index in [0.717, 1.165) is 45.1 Å². The predicted molar refractivity (Wildman–Crippen MR) is 67.1 cm³/mol. The summed E-state index contributed by atoms with van der Waals surface area (Å²) in [5.74, 6) is -0.854. The molecular formula is C13H22N2O3. The number of amides is 1. The van der Waals surface area contributed by atoms with E-state index in [-0.39, 0.29) is 23.8 Å². The summed E-state index contributed by atoms with van der Waals surface area (Å²) in [7, 11) is 0. The molecule has 1 aliphatic carbocycles. The van der Waals surface area contributed by atoms with Crippen LogP contribution >= 0.6 is 0 Å². The second kappa shape index (κ2) is 6.18. The zero-order valence-corrected chi connectivity index (χ0v) is 10.7. The van der Waals surface area contributed by atoms with E-state index in [1.807, 2.05) is 0 Å². The number of carboxylic acid groups (broad SMARTS) is 1. The maximum atomic E-state index is 11.9. The van der Waals surface area contributed by atoms with Crippen molar-refractivity contribution in [2.75, 3.05) is 13.1 Å². The van der Waals surface area contributed by atoms with Gasteiger partial charge in [-0.3, -0.25) is 9.59 Å². The van der Waals surface area contributed by atoms with Crippen molar-refractivity contribution < 1.29 is 14.7 Å². The summed E-state index contributed by atoms with van der Waals surface area (Å²) in [5.41, 5.74) is 0. The van der Waals surface area contributed by atoms with Gasteiger partial charge in [-0.2, -0.15) is 0 Å². The van der Waals surface area contributed by atoms with E-state index in [9.17, 15) is 9.59 Å². The number of carbonyl (C=O) groups is 2. The second-order valence-electron chi connectivity index (χ2n) is 5.38. The van der Waals surface area contributed by atoms with Crippen LogP contribution in [0.4, 0.5) is 0 Å². The van der Waals surface area contributed by atoms with Gasteiger partial charge in [0, 0.05) is 6.54 Å². The largest absolute Gasteiger partial charge is 0.481 e. The Morgan fingerprint density at radius 2 is 2.00 bits per heavy atom. The first-order valence-corrected chi connectivity index (χ1v) is 6.92. The first-order valence-electron chi connectivity index (χ1n) is 6.92. The van der Waals surface area contributed by atoms with Gasteiger partial charge in [-0.15, -0.1) is 0 Å². The van der Waals surface area contributed by atoms with Crippen LogP contribution in [0, 0.1) is 11.8 Å². The Bertz CT molecular complexity index is 313. The summed E-state index contributed by atoms with van der Waals surface area (Å²) in [6.45, 7) is 1.41. The van der Waals surface area contributed by atoms with Gasteiger partial charge in [0.25, 0.3) is 0 Å².